The summed E-state index contributed by atoms with van der Waals surface area (Å²) in [5, 5.41) is 8.79. The summed E-state index contributed by atoms with van der Waals surface area (Å²) in [6.07, 6.45) is 0. The standard InChI is InChI=1S/C14H12BrClN2/c1-18(11-8-6-10(15)7-9-11)14(17)12-4-2-3-5-13(12)16/h2-9,17H,1H3. The third-order valence-corrected chi connectivity index (χ3v) is 3.54. The van der Waals surface area contributed by atoms with Gasteiger partial charge in [-0.1, -0.05) is 39.7 Å². The summed E-state index contributed by atoms with van der Waals surface area (Å²) >= 11 is 9.50. The summed E-state index contributed by atoms with van der Waals surface area (Å²) in [6.45, 7) is 0. The molecule has 0 atom stereocenters. The monoisotopic (exact) mass is 322 g/mol. The Balaban J connectivity index is 2.29. The summed E-state index contributed by atoms with van der Waals surface area (Å²) < 4.78 is 1.02. The minimum atomic E-state index is 0.378. The molecule has 0 amide bonds. The van der Waals surface area contributed by atoms with Gasteiger partial charge in [0, 0.05) is 22.8 Å². The second kappa shape index (κ2) is 5.55. The quantitative estimate of drug-likeness (QED) is 0.636. The van der Waals surface area contributed by atoms with E-state index in [-0.39, 0.29) is 0 Å². The van der Waals surface area contributed by atoms with E-state index in [1.54, 1.807) is 11.0 Å². The second-order valence-electron chi connectivity index (χ2n) is 3.86. The van der Waals surface area contributed by atoms with Crippen LogP contribution in [-0.4, -0.2) is 12.9 Å². The molecule has 0 saturated heterocycles. The maximum atomic E-state index is 8.20. The van der Waals surface area contributed by atoms with Crippen molar-refractivity contribution in [1.29, 1.82) is 5.41 Å². The summed E-state index contributed by atoms with van der Waals surface area (Å²) in [5.41, 5.74) is 1.67. The van der Waals surface area contributed by atoms with Crippen molar-refractivity contribution in [2.45, 2.75) is 0 Å². The van der Waals surface area contributed by atoms with Crippen LogP contribution in [0.1, 0.15) is 5.56 Å². The van der Waals surface area contributed by atoms with Gasteiger partial charge in [0.2, 0.25) is 0 Å². The number of anilines is 1. The number of nitrogens with one attached hydrogen (secondary N) is 1. The van der Waals surface area contributed by atoms with Gasteiger partial charge < -0.3 is 4.90 Å². The predicted octanol–water partition coefficient (Wildman–Crippen LogP) is 4.56. The Morgan fingerprint density at radius 3 is 2.33 bits per heavy atom. The molecule has 1 N–H and O–H groups in total. The molecule has 0 bridgehead atoms. The van der Waals surface area contributed by atoms with E-state index < -0.39 is 0 Å². The first-order valence-corrected chi connectivity index (χ1v) is 6.59. The number of hydrogen-bond donors (Lipinski definition) is 1. The van der Waals surface area contributed by atoms with Crippen molar-refractivity contribution in [3.8, 4) is 0 Å². The van der Waals surface area contributed by atoms with Crippen molar-refractivity contribution in [1.82, 2.24) is 0 Å². The zero-order valence-electron chi connectivity index (χ0n) is 9.82. The van der Waals surface area contributed by atoms with Gasteiger partial charge in [-0.05, 0) is 36.4 Å². The fraction of sp³-hybridized carbons (Fsp3) is 0.0714. The minimum Gasteiger partial charge on any atom is -0.329 e. The molecule has 2 rings (SSSR count). The van der Waals surface area contributed by atoms with E-state index in [1.807, 2.05) is 49.5 Å². The molecule has 0 aromatic heterocycles. The number of amidine groups is 1. The van der Waals surface area contributed by atoms with Gasteiger partial charge in [-0.2, -0.15) is 0 Å². The lowest BCUT2D eigenvalue weighted by Crippen LogP contribution is -2.26. The Morgan fingerprint density at radius 2 is 1.72 bits per heavy atom. The van der Waals surface area contributed by atoms with Crippen molar-refractivity contribution < 1.29 is 0 Å². The van der Waals surface area contributed by atoms with E-state index >= 15 is 0 Å². The molecule has 2 nitrogen and oxygen atoms in total. The molecule has 2 aromatic carbocycles. The molecular weight excluding hydrogens is 312 g/mol. The van der Waals surface area contributed by atoms with Crippen molar-refractivity contribution in [2.24, 2.45) is 0 Å². The van der Waals surface area contributed by atoms with E-state index in [4.69, 9.17) is 17.0 Å². The highest BCUT2D eigenvalue weighted by Crippen LogP contribution is 2.22. The third kappa shape index (κ3) is 2.74. The van der Waals surface area contributed by atoms with E-state index in [0.717, 1.165) is 15.7 Å². The predicted molar refractivity (Wildman–Crippen MR) is 80.8 cm³/mol. The average Bonchev–Trinajstić information content (AvgIpc) is 2.38. The summed E-state index contributed by atoms with van der Waals surface area (Å²) in [5.74, 6) is 0.378. The Kier molecular flexibility index (Phi) is 4.04. The van der Waals surface area contributed by atoms with Crippen LogP contribution in [-0.2, 0) is 0 Å². The van der Waals surface area contributed by atoms with E-state index in [2.05, 4.69) is 15.9 Å². The molecule has 0 aliphatic rings. The zero-order chi connectivity index (χ0) is 13.1. The lowest BCUT2D eigenvalue weighted by atomic mass is 10.2. The van der Waals surface area contributed by atoms with Gasteiger partial charge in [0.05, 0.1) is 5.02 Å². The Bertz CT molecular complexity index is 566. The fourth-order valence-corrected chi connectivity index (χ4v) is 2.12. The average molecular weight is 324 g/mol. The van der Waals surface area contributed by atoms with Crippen LogP contribution in [0.3, 0.4) is 0 Å². The molecule has 2 aromatic rings. The van der Waals surface area contributed by atoms with E-state index in [0.29, 0.717) is 10.9 Å². The Morgan fingerprint density at radius 1 is 1.11 bits per heavy atom. The first-order valence-electron chi connectivity index (χ1n) is 5.42. The number of hydrogen-bond acceptors (Lipinski definition) is 1. The van der Waals surface area contributed by atoms with E-state index in [1.165, 1.54) is 0 Å². The van der Waals surface area contributed by atoms with Crippen molar-refractivity contribution in [2.75, 3.05) is 11.9 Å². The van der Waals surface area contributed by atoms with Crippen LogP contribution in [0, 0.1) is 5.41 Å². The van der Waals surface area contributed by atoms with Crippen LogP contribution in [0.15, 0.2) is 53.0 Å². The van der Waals surface area contributed by atoms with Crippen LogP contribution in [0.2, 0.25) is 5.02 Å². The minimum absolute atomic E-state index is 0.378. The first kappa shape index (κ1) is 13.1. The second-order valence-corrected chi connectivity index (χ2v) is 5.19. The number of benzene rings is 2. The molecule has 0 spiro atoms. The summed E-state index contributed by atoms with van der Waals surface area (Å²) in [6, 6.07) is 15.2. The molecule has 0 unspecified atom stereocenters. The van der Waals surface area contributed by atoms with Crippen LogP contribution in [0.25, 0.3) is 0 Å². The smallest absolute Gasteiger partial charge is 0.133 e. The molecule has 0 aliphatic carbocycles. The SMILES string of the molecule is CN(C(=N)c1ccccc1Cl)c1ccc(Br)cc1. The molecule has 4 heteroatoms. The van der Waals surface area contributed by atoms with Gasteiger partial charge in [0.1, 0.15) is 5.84 Å². The molecule has 0 radical (unpaired) electrons. The summed E-state index contributed by atoms with van der Waals surface area (Å²) in [4.78, 5) is 1.80. The number of halogens is 2. The van der Waals surface area contributed by atoms with Crippen molar-refractivity contribution in [3.63, 3.8) is 0 Å². The van der Waals surface area contributed by atoms with Crippen molar-refractivity contribution >= 4 is 39.1 Å². The number of rotatable bonds is 2. The van der Waals surface area contributed by atoms with Crippen LogP contribution < -0.4 is 4.90 Å². The zero-order valence-corrected chi connectivity index (χ0v) is 12.2. The van der Waals surface area contributed by atoms with Gasteiger partial charge in [0.15, 0.2) is 0 Å². The highest BCUT2D eigenvalue weighted by atomic mass is 79.9. The van der Waals surface area contributed by atoms with Gasteiger partial charge in [0.25, 0.3) is 0 Å². The Hall–Kier alpha value is -1.32. The number of nitrogens with zero attached hydrogens (tertiary/aromatic N) is 1. The Labute approximate surface area is 120 Å². The largest absolute Gasteiger partial charge is 0.329 e. The van der Waals surface area contributed by atoms with Crippen molar-refractivity contribution in [3.05, 3.63) is 63.6 Å². The van der Waals surface area contributed by atoms with Gasteiger partial charge >= 0.3 is 0 Å². The first-order chi connectivity index (χ1) is 8.59. The molecule has 0 fully saturated rings. The van der Waals surface area contributed by atoms with Gasteiger partial charge in [-0.15, -0.1) is 0 Å². The molecule has 0 heterocycles. The van der Waals surface area contributed by atoms with Crippen LogP contribution in [0.4, 0.5) is 5.69 Å². The van der Waals surface area contributed by atoms with Gasteiger partial charge in [-0.25, -0.2) is 0 Å². The maximum absolute atomic E-state index is 8.20. The molecule has 0 saturated carbocycles. The molecule has 0 aliphatic heterocycles. The van der Waals surface area contributed by atoms with Crippen LogP contribution in [0.5, 0.6) is 0 Å². The van der Waals surface area contributed by atoms with Crippen LogP contribution >= 0.6 is 27.5 Å². The summed E-state index contributed by atoms with van der Waals surface area (Å²) in [7, 11) is 1.86. The lowest BCUT2D eigenvalue weighted by Gasteiger charge is -2.21. The molecular formula is C14H12BrClN2. The third-order valence-electron chi connectivity index (χ3n) is 2.68. The topological polar surface area (TPSA) is 27.1 Å². The highest BCUT2D eigenvalue weighted by molar-refractivity contribution is 9.10. The fourth-order valence-electron chi connectivity index (χ4n) is 1.63. The molecule has 18 heavy (non-hydrogen) atoms. The molecule has 92 valence electrons. The highest BCUT2D eigenvalue weighted by Gasteiger charge is 2.12. The maximum Gasteiger partial charge on any atom is 0.133 e. The van der Waals surface area contributed by atoms with E-state index in [9.17, 15) is 0 Å². The van der Waals surface area contributed by atoms with Gasteiger partial charge in [-0.3, -0.25) is 5.41 Å². The normalized spacial score (nSPS) is 10.2. The lowest BCUT2D eigenvalue weighted by molar-refractivity contribution is 1.22.